The molecule has 5 aromatic carbocycles. The summed E-state index contributed by atoms with van der Waals surface area (Å²) in [4.78, 5) is 15.2. The van der Waals surface area contributed by atoms with Crippen molar-refractivity contribution < 1.29 is 18.3 Å². The molecule has 7 heteroatoms. The highest BCUT2D eigenvalue weighted by Gasteiger charge is 2.52. The fourth-order valence-electron chi connectivity index (χ4n) is 11.2. The summed E-state index contributed by atoms with van der Waals surface area (Å²) in [5.41, 5.74) is 7.80. The van der Waals surface area contributed by atoms with Crippen LogP contribution in [0.25, 0.3) is 77.8 Å². The topological polar surface area (TPSA) is 83.4 Å². The Balaban J connectivity index is 0.963. The van der Waals surface area contributed by atoms with E-state index >= 15 is 0 Å². The van der Waals surface area contributed by atoms with Crippen LogP contribution in [-0.4, -0.2) is 26.2 Å². The zero-order valence-corrected chi connectivity index (χ0v) is 32.8. The van der Waals surface area contributed by atoms with E-state index in [4.69, 9.17) is 33.3 Å². The second-order valence-electron chi connectivity index (χ2n) is 18.5. The van der Waals surface area contributed by atoms with Crippen LogP contribution in [0.5, 0.6) is 0 Å². The van der Waals surface area contributed by atoms with Crippen molar-refractivity contribution in [2.45, 2.75) is 89.1 Å². The van der Waals surface area contributed by atoms with Crippen molar-refractivity contribution in [3.05, 3.63) is 115 Å². The van der Waals surface area contributed by atoms with Crippen LogP contribution >= 0.6 is 0 Å². The zero-order valence-electron chi connectivity index (χ0n) is 32.8. The van der Waals surface area contributed by atoms with Gasteiger partial charge in [-0.2, -0.15) is 0 Å². The molecule has 0 N–H and O–H groups in total. The van der Waals surface area contributed by atoms with Crippen LogP contribution in [-0.2, 0) is 14.9 Å². The molecule has 1 aliphatic heterocycles. The Bertz CT molecular complexity index is 2870. The lowest BCUT2D eigenvalue weighted by atomic mass is 9.48. The molecule has 4 aliphatic carbocycles. The lowest BCUT2D eigenvalue weighted by Gasteiger charge is -2.57. The van der Waals surface area contributed by atoms with Gasteiger partial charge in [-0.25, -0.2) is 15.0 Å². The van der Waals surface area contributed by atoms with Gasteiger partial charge in [0.05, 0.1) is 22.3 Å². The highest BCUT2D eigenvalue weighted by Crippen LogP contribution is 2.61. The number of ether oxygens (including phenoxy) is 2. The standard InChI is InChI=1S/C50H45N3O4/c1-48(2)49(3,4)57-47(56-48)46-52-44(37-12-7-10-35-34-9-5-6-14-40(34)54-42(35)37)51-45(53-46)38-13-8-11-36-39-24-32(17-20-41(39)55-43(36)38)31-15-18-33(19-16-31)50-25-28-21-29(26-50)23-30(22-28)27-50/h5-20,24,28-30,47H,21-23,25-27H2,1-4H3. The molecule has 0 atom stereocenters. The first-order chi connectivity index (χ1) is 27.6. The lowest BCUT2D eigenvalue weighted by Crippen LogP contribution is -2.48. The molecule has 0 radical (unpaired) electrons. The monoisotopic (exact) mass is 751 g/mol. The Morgan fingerprint density at radius 2 is 1.04 bits per heavy atom. The van der Waals surface area contributed by atoms with Crippen LogP contribution in [0.3, 0.4) is 0 Å². The van der Waals surface area contributed by atoms with E-state index < -0.39 is 17.5 Å². The van der Waals surface area contributed by atoms with E-state index in [-0.39, 0.29) is 0 Å². The predicted octanol–water partition coefficient (Wildman–Crippen LogP) is 12.7. The molecule has 0 spiro atoms. The van der Waals surface area contributed by atoms with Crippen molar-refractivity contribution >= 4 is 43.9 Å². The van der Waals surface area contributed by atoms with Crippen molar-refractivity contribution in [1.29, 1.82) is 0 Å². The van der Waals surface area contributed by atoms with E-state index in [0.717, 1.165) is 72.8 Å². The van der Waals surface area contributed by atoms with Crippen molar-refractivity contribution in [2.24, 2.45) is 17.8 Å². The first-order valence-electron chi connectivity index (χ1n) is 20.7. The number of furan rings is 2. The molecule has 284 valence electrons. The van der Waals surface area contributed by atoms with Gasteiger partial charge in [0.25, 0.3) is 0 Å². The molecular weight excluding hydrogens is 707 g/mol. The van der Waals surface area contributed by atoms with E-state index in [0.29, 0.717) is 22.9 Å². The first kappa shape index (κ1) is 33.7. The van der Waals surface area contributed by atoms with Crippen LogP contribution < -0.4 is 0 Å². The molecular formula is C50H45N3O4. The average Bonchev–Trinajstić information content (AvgIpc) is 3.85. The first-order valence-corrected chi connectivity index (χ1v) is 20.7. The number of hydrogen-bond acceptors (Lipinski definition) is 7. The van der Waals surface area contributed by atoms with Crippen molar-refractivity contribution in [2.75, 3.05) is 0 Å². The number of rotatable bonds is 5. The van der Waals surface area contributed by atoms with Crippen LogP contribution in [0.2, 0.25) is 0 Å². The van der Waals surface area contributed by atoms with Gasteiger partial charge in [0.2, 0.25) is 6.29 Å². The van der Waals surface area contributed by atoms with Crippen LogP contribution in [0, 0.1) is 17.8 Å². The Morgan fingerprint density at radius 3 is 1.65 bits per heavy atom. The Morgan fingerprint density at radius 1 is 0.509 bits per heavy atom. The number of fused-ring (bicyclic) bond motifs is 6. The van der Waals surface area contributed by atoms with Crippen LogP contribution in [0.1, 0.15) is 83.9 Å². The van der Waals surface area contributed by atoms with Gasteiger partial charge in [0.1, 0.15) is 22.3 Å². The molecule has 0 amide bonds. The minimum atomic E-state index is -0.794. The highest BCUT2D eigenvalue weighted by molar-refractivity contribution is 6.11. The molecule has 57 heavy (non-hydrogen) atoms. The van der Waals surface area contributed by atoms with E-state index in [1.807, 2.05) is 64.1 Å². The SMILES string of the molecule is CC1(C)OC(c2nc(-c3cccc4c3oc3ccccc34)nc(-c3cccc4c3oc3ccc(-c5ccc(C67CC8CC(CC(C8)C6)C7)cc5)cc34)n2)OC1(C)C. The molecule has 7 nitrogen and oxygen atoms in total. The molecule has 0 unspecified atom stereocenters. The number of benzene rings is 5. The summed E-state index contributed by atoms with van der Waals surface area (Å²) in [6.45, 7) is 8.14. The van der Waals surface area contributed by atoms with Gasteiger partial charge in [0.15, 0.2) is 17.5 Å². The van der Waals surface area contributed by atoms with Gasteiger partial charge in [-0.15, -0.1) is 0 Å². The number of para-hydroxylation sites is 3. The lowest BCUT2D eigenvalue weighted by molar-refractivity contribution is -0.0952. The molecule has 4 saturated carbocycles. The number of nitrogens with zero attached hydrogens (tertiary/aromatic N) is 3. The third kappa shape index (κ3) is 5.14. The van der Waals surface area contributed by atoms with Crippen molar-refractivity contribution in [3.8, 4) is 33.9 Å². The van der Waals surface area contributed by atoms with Gasteiger partial charge in [-0.1, -0.05) is 72.8 Å². The Labute approximate surface area is 331 Å². The summed E-state index contributed by atoms with van der Waals surface area (Å²) in [7, 11) is 0. The summed E-state index contributed by atoms with van der Waals surface area (Å²) in [5.74, 6) is 4.15. The van der Waals surface area contributed by atoms with Crippen LogP contribution in [0.15, 0.2) is 112 Å². The van der Waals surface area contributed by atoms with Gasteiger partial charge in [-0.05, 0) is 136 Å². The Hall–Kier alpha value is -5.37. The van der Waals surface area contributed by atoms with E-state index in [1.54, 1.807) is 5.56 Å². The maximum Gasteiger partial charge on any atom is 0.220 e. The van der Waals surface area contributed by atoms with Crippen molar-refractivity contribution in [1.82, 2.24) is 15.0 Å². The normalized spacial score (nSPS) is 25.1. The van der Waals surface area contributed by atoms with Gasteiger partial charge in [-0.3, -0.25) is 0 Å². The largest absolute Gasteiger partial charge is 0.455 e. The third-order valence-electron chi connectivity index (χ3n) is 14.4. The van der Waals surface area contributed by atoms with E-state index in [2.05, 4.69) is 66.7 Å². The van der Waals surface area contributed by atoms with Gasteiger partial charge < -0.3 is 18.3 Å². The summed E-state index contributed by atoms with van der Waals surface area (Å²) in [6, 6.07) is 36.4. The van der Waals surface area contributed by atoms with Crippen LogP contribution in [0.4, 0.5) is 0 Å². The van der Waals surface area contributed by atoms with E-state index in [1.165, 1.54) is 49.7 Å². The molecule has 4 heterocycles. The summed E-state index contributed by atoms with van der Waals surface area (Å²) in [5, 5.41) is 4.11. The van der Waals surface area contributed by atoms with Crippen molar-refractivity contribution in [3.63, 3.8) is 0 Å². The minimum Gasteiger partial charge on any atom is -0.455 e. The average molecular weight is 752 g/mol. The summed E-state index contributed by atoms with van der Waals surface area (Å²) < 4.78 is 26.2. The quantitative estimate of drug-likeness (QED) is 0.173. The summed E-state index contributed by atoms with van der Waals surface area (Å²) >= 11 is 0. The second-order valence-corrected chi connectivity index (χ2v) is 18.5. The minimum absolute atomic E-state index is 0.393. The smallest absolute Gasteiger partial charge is 0.220 e. The Kier molecular flexibility index (Phi) is 7.01. The maximum absolute atomic E-state index is 6.69. The van der Waals surface area contributed by atoms with Gasteiger partial charge in [0, 0.05) is 21.5 Å². The third-order valence-corrected chi connectivity index (χ3v) is 14.4. The molecule has 5 fully saturated rings. The number of hydrogen-bond donors (Lipinski definition) is 0. The van der Waals surface area contributed by atoms with Gasteiger partial charge >= 0.3 is 0 Å². The fourth-order valence-corrected chi connectivity index (χ4v) is 11.2. The fraction of sp³-hybridized carbons (Fsp3) is 0.340. The predicted molar refractivity (Wildman–Crippen MR) is 224 cm³/mol. The highest BCUT2D eigenvalue weighted by atomic mass is 16.7. The molecule has 8 aromatic rings. The molecule has 4 bridgehead atoms. The zero-order chi connectivity index (χ0) is 38.3. The molecule has 3 aromatic heterocycles. The summed E-state index contributed by atoms with van der Waals surface area (Å²) in [6.07, 6.45) is 7.74. The molecule has 13 rings (SSSR count). The molecule has 5 aliphatic rings. The molecule has 1 saturated heterocycles. The second kappa shape index (κ2) is 11.8. The van der Waals surface area contributed by atoms with E-state index in [9.17, 15) is 0 Å². The number of aromatic nitrogens is 3. The maximum atomic E-state index is 6.69.